The molecule has 2 rings (SSSR count). The van der Waals surface area contributed by atoms with Gasteiger partial charge in [0.1, 0.15) is 0 Å². The fraction of sp³-hybridized carbons (Fsp3) is 0.571. The van der Waals surface area contributed by atoms with Gasteiger partial charge >= 0.3 is 0 Å². The van der Waals surface area contributed by atoms with Crippen LogP contribution in [0.2, 0.25) is 0 Å². The normalized spacial score (nSPS) is 18.0. The molecule has 1 aliphatic heterocycles. The van der Waals surface area contributed by atoms with Crippen molar-refractivity contribution >= 4 is 11.4 Å². The number of nitrogens with one attached hydrogen (secondary N) is 1. The molecule has 0 radical (unpaired) electrons. The molecule has 1 fully saturated rings. The maximum Gasteiger partial charge on any atom is 0.295 e. The minimum Gasteiger partial charge on any atom is -0.362 e. The molecule has 0 bridgehead atoms. The van der Waals surface area contributed by atoms with Gasteiger partial charge in [-0.15, -0.1) is 0 Å². The van der Waals surface area contributed by atoms with Crippen molar-refractivity contribution < 1.29 is 13.7 Å². The predicted octanol–water partition coefficient (Wildman–Crippen LogP) is 2.84. The minimum absolute atomic E-state index is 0.152. The van der Waals surface area contributed by atoms with Crippen LogP contribution in [0.15, 0.2) is 12.1 Å². The first-order valence-electron chi connectivity index (χ1n) is 7.15. The van der Waals surface area contributed by atoms with Crippen molar-refractivity contribution in [2.75, 3.05) is 24.5 Å². The molecule has 21 heavy (non-hydrogen) atoms. The Morgan fingerprint density at radius 2 is 2.24 bits per heavy atom. The fourth-order valence-electron chi connectivity index (χ4n) is 2.72. The van der Waals surface area contributed by atoms with Crippen LogP contribution in [-0.2, 0) is 0 Å². The fourth-order valence-corrected chi connectivity index (χ4v) is 2.72. The number of rotatable bonds is 6. The molecule has 0 amide bonds. The van der Waals surface area contributed by atoms with Gasteiger partial charge in [0.2, 0.25) is 0 Å². The van der Waals surface area contributed by atoms with E-state index in [4.69, 9.17) is 0 Å². The molecule has 1 atom stereocenters. The molecule has 0 aliphatic carbocycles. The zero-order chi connectivity index (χ0) is 15.4. The van der Waals surface area contributed by atoms with Crippen molar-refractivity contribution in [2.24, 2.45) is 0 Å². The molecule has 0 aromatic heterocycles. The summed E-state index contributed by atoms with van der Waals surface area (Å²) in [7, 11) is 0. The summed E-state index contributed by atoms with van der Waals surface area (Å²) in [6.45, 7) is 3.67. The summed E-state index contributed by atoms with van der Waals surface area (Å²) >= 11 is 0. The standard InChI is InChI=1S/C14H19F2N3O2/c1-2-8-18(9-10-4-3-7-17-10)14-12(19(20)21)6-5-11(15)13(14)16/h5-6,10,17H,2-4,7-9H2,1H3. The second-order valence-electron chi connectivity index (χ2n) is 5.23. The van der Waals surface area contributed by atoms with E-state index in [-0.39, 0.29) is 17.4 Å². The summed E-state index contributed by atoms with van der Waals surface area (Å²) < 4.78 is 27.6. The summed E-state index contributed by atoms with van der Waals surface area (Å²) in [5.74, 6) is -2.20. The SMILES string of the molecule is CCCN(CC1CCCN1)c1c([N+](=O)[O-])ccc(F)c1F. The average molecular weight is 299 g/mol. The minimum atomic E-state index is -1.14. The average Bonchev–Trinajstić information content (AvgIpc) is 2.94. The van der Waals surface area contributed by atoms with Crippen molar-refractivity contribution in [3.8, 4) is 0 Å². The number of nitro benzene ring substituents is 1. The van der Waals surface area contributed by atoms with Gasteiger partial charge in [0, 0.05) is 25.2 Å². The van der Waals surface area contributed by atoms with E-state index in [1.165, 1.54) is 0 Å². The highest BCUT2D eigenvalue weighted by molar-refractivity contribution is 5.64. The largest absolute Gasteiger partial charge is 0.362 e. The van der Waals surface area contributed by atoms with E-state index in [1.54, 1.807) is 4.90 Å². The molecule has 1 aromatic rings. The Bertz CT molecular complexity index is 519. The summed E-state index contributed by atoms with van der Waals surface area (Å²) in [5.41, 5.74) is -0.629. The van der Waals surface area contributed by atoms with Crippen LogP contribution in [0.5, 0.6) is 0 Å². The topological polar surface area (TPSA) is 58.4 Å². The molecule has 1 N–H and O–H groups in total. The van der Waals surface area contributed by atoms with Gasteiger partial charge in [0.05, 0.1) is 4.92 Å². The Labute approximate surface area is 122 Å². The van der Waals surface area contributed by atoms with E-state index >= 15 is 0 Å². The second-order valence-corrected chi connectivity index (χ2v) is 5.23. The van der Waals surface area contributed by atoms with Gasteiger partial charge in [-0.3, -0.25) is 10.1 Å². The van der Waals surface area contributed by atoms with Crippen LogP contribution in [0.25, 0.3) is 0 Å². The number of hydrogen-bond donors (Lipinski definition) is 1. The molecular formula is C14H19F2N3O2. The van der Waals surface area contributed by atoms with Gasteiger partial charge < -0.3 is 10.2 Å². The van der Waals surface area contributed by atoms with E-state index in [2.05, 4.69) is 5.32 Å². The van der Waals surface area contributed by atoms with Crippen molar-refractivity contribution in [3.63, 3.8) is 0 Å². The lowest BCUT2D eigenvalue weighted by Crippen LogP contribution is -2.39. The Morgan fingerprint density at radius 1 is 1.48 bits per heavy atom. The summed E-state index contributed by atoms with van der Waals surface area (Å²) in [4.78, 5) is 12.0. The number of anilines is 1. The molecule has 0 spiro atoms. The summed E-state index contributed by atoms with van der Waals surface area (Å²) in [6.07, 6.45) is 2.66. The van der Waals surface area contributed by atoms with Gasteiger partial charge in [-0.1, -0.05) is 6.92 Å². The molecule has 116 valence electrons. The lowest BCUT2D eigenvalue weighted by molar-refractivity contribution is -0.384. The van der Waals surface area contributed by atoms with Crippen LogP contribution in [0.4, 0.5) is 20.2 Å². The van der Waals surface area contributed by atoms with Crippen LogP contribution >= 0.6 is 0 Å². The number of halogens is 2. The van der Waals surface area contributed by atoms with Crippen LogP contribution in [0.3, 0.4) is 0 Å². The summed E-state index contributed by atoms with van der Waals surface area (Å²) in [6, 6.07) is 1.98. The van der Waals surface area contributed by atoms with Gasteiger partial charge in [0.25, 0.3) is 5.69 Å². The van der Waals surface area contributed by atoms with E-state index in [9.17, 15) is 18.9 Å². The highest BCUT2D eigenvalue weighted by Gasteiger charge is 2.28. The Balaban J connectivity index is 2.37. The van der Waals surface area contributed by atoms with Gasteiger partial charge in [-0.25, -0.2) is 8.78 Å². The third-order valence-corrected chi connectivity index (χ3v) is 3.66. The predicted molar refractivity (Wildman–Crippen MR) is 76.5 cm³/mol. The highest BCUT2D eigenvalue weighted by atomic mass is 19.2. The zero-order valence-corrected chi connectivity index (χ0v) is 11.9. The molecule has 0 saturated carbocycles. The van der Waals surface area contributed by atoms with Gasteiger partial charge in [-0.05, 0) is 31.9 Å². The van der Waals surface area contributed by atoms with E-state index < -0.39 is 16.6 Å². The molecule has 1 unspecified atom stereocenters. The molecule has 1 heterocycles. The quantitative estimate of drug-likeness (QED) is 0.648. The van der Waals surface area contributed by atoms with Crippen molar-refractivity contribution in [3.05, 3.63) is 33.9 Å². The Hall–Kier alpha value is -1.76. The molecule has 1 aliphatic rings. The number of nitro groups is 1. The first-order valence-corrected chi connectivity index (χ1v) is 7.15. The van der Waals surface area contributed by atoms with Crippen molar-refractivity contribution in [2.45, 2.75) is 32.2 Å². The zero-order valence-electron chi connectivity index (χ0n) is 11.9. The lowest BCUT2D eigenvalue weighted by atomic mass is 10.1. The van der Waals surface area contributed by atoms with Gasteiger partial charge in [0.15, 0.2) is 17.3 Å². The van der Waals surface area contributed by atoms with Crippen molar-refractivity contribution in [1.82, 2.24) is 5.32 Å². The second kappa shape index (κ2) is 6.80. The van der Waals surface area contributed by atoms with Crippen LogP contribution in [0.1, 0.15) is 26.2 Å². The smallest absolute Gasteiger partial charge is 0.295 e. The van der Waals surface area contributed by atoms with E-state index in [0.29, 0.717) is 19.5 Å². The first-order chi connectivity index (χ1) is 10.0. The molecule has 1 aromatic carbocycles. The number of benzene rings is 1. The van der Waals surface area contributed by atoms with E-state index in [1.807, 2.05) is 6.92 Å². The monoisotopic (exact) mass is 299 g/mol. The molecule has 5 nitrogen and oxygen atoms in total. The third-order valence-electron chi connectivity index (χ3n) is 3.66. The first kappa shape index (κ1) is 15.6. The Morgan fingerprint density at radius 3 is 2.81 bits per heavy atom. The van der Waals surface area contributed by atoms with Gasteiger partial charge in [-0.2, -0.15) is 0 Å². The number of hydrogen-bond acceptors (Lipinski definition) is 4. The lowest BCUT2D eigenvalue weighted by Gasteiger charge is -2.27. The van der Waals surface area contributed by atoms with E-state index in [0.717, 1.165) is 31.5 Å². The maximum atomic E-state index is 14.1. The summed E-state index contributed by atoms with van der Waals surface area (Å²) in [5, 5.41) is 14.4. The van der Waals surface area contributed by atoms with Crippen LogP contribution < -0.4 is 10.2 Å². The third kappa shape index (κ3) is 3.47. The van der Waals surface area contributed by atoms with Crippen LogP contribution in [-0.4, -0.2) is 30.6 Å². The molecular weight excluding hydrogens is 280 g/mol. The van der Waals surface area contributed by atoms with Crippen LogP contribution in [0, 0.1) is 21.7 Å². The molecule has 7 heteroatoms. The maximum absolute atomic E-state index is 14.1. The molecule has 1 saturated heterocycles. The Kier molecular flexibility index (Phi) is 5.06. The van der Waals surface area contributed by atoms with Crippen molar-refractivity contribution in [1.29, 1.82) is 0 Å². The highest BCUT2D eigenvalue weighted by Crippen LogP contribution is 2.33. The number of nitrogens with zero attached hydrogens (tertiary/aromatic N) is 2.